The van der Waals surface area contributed by atoms with Crippen LogP contribution in [0.3, 0.4) is 0 Å². The van der Waals surface area contributed by atoms with Gasteiger partial charge in [-0.1, -0.05) is 45.8 Å². The molecule has 3 aliphatic carbocycles. The zero-order valence-corrected chi connectivity index (χ0v) is 17.8. The highest BCUT2D eigenvalue weighted by atomic mass is 16.7. The molecule has 2 saturated carbocycles. The lowest BCUT2D eigenvalue weighted by atomic mass is 9.60. The Bertz CT molecular complexity index is 599. The number of hydrogen-bond donors (Lipinski definition) is 0. The highest BCUT2D eigenvalue weighted by Crippen LogP contribution is 2.56. The van der Waals surface area contributed by atoms with Crippen molar-refractivity contribution in [2.75, 3.05) is 13.2 Å². The van der Waals surface area contributed by atoms with Crippen LogP contribution in [0.2, 0.25) is 0 Å². The molecule has 0 aromatic rings. The van der Waals surface area contributed by atoms with Crippen LogP contribution in [0, 0.1) is 28.6 Å². The highest BCUT2D eigenvalue weighted by molar-refractivity contribution is 5.87. The van der Waals surface area contributed by atoms with Crippen LogP contribution in [0.5, 0.6) is 0 Å². The Morgan fingerprint density at radius 3 is 2.37 bits per heavy atom. The maximum Gasteiger partial charge on any atom is 0.168 e. The van der Waals surface area contributed by atoms with Crippen LogP contribution in [0.15, 0.2) is 11.6 Å². The van der Waals surface area contributed by atoms with Crippen molar-refractivity contribution in [1.29, 1.82) is 0 Å². The molecule has 0 amide bonds. The van der Waals surface area contributed by atoms with E-state index in [1.54, 1.807) is 5.57 Å². The number of Topliss-reactive ketones (excluding diaryl/α,β-unsaturated/α-hetero) is 1. The second-order valence-electron chi connectivity index (χ2n) is 10.7. The van der Waals surface area contributed by atoms with Gasteiger partial charge in [0.05, 0.1) is 13.2 Å². The van der Waals surface area contributed by atoms with Crippen LogP contribution in [0.4, 0.5) is 0 Å². The highest BCUT2D eigenvalue weighted by Gasteiger charge is 2.52. The van der Waals surface area contributed by atoms with Gasteiger partial charge in [0.15, 0.2) is 5.79 Å². The van der Waals surface area contributed by atoms with Crippen molar-refractivity contribution in [2.24, 2.45) is 28.6 Å². The van der Waals surface area contributed by atoms with Crippen molar-refractivity contribution in [3.63, 3.8) is 0 Å². The van der Waals surface area contributed by atoms with E-state index in [2.05, 4.69) is 33.8 Å². The number of ether oxygens (including phenoxy) is 2. The number of rotatable bonds is 3. The minimum atomic E-state index is -0.320. The van der Waals surface area contributed by atoms with Gasteiger partial charge < -0.3 is 9.47 Å². The van der Waals surface area contributed by atoms with E-state index in [1.165, 1.54) is 25.7 Å². The lowest BCUT2D eigenvalue weighted by molar-refractivity contribution is -0.311. The van der Waals surface area contributed by atoms with Crippen molar-refractivity contribution >= 4 is 5.78 Å². The number of ketones is 1. The molecule has 0 aromatic carbocycles. The third-order valence-corrected chi connectivity index (χ3v) is 8.08. The summed E-state index contributed by atoms with van der Waals surface area (Å²) < 4.78 is 12.5. The van der Waals surface area contributed by atoms with Crippen LogP contribution in [-0.2, 0) is 14.3 Å². The third kappa shape index (κ3) is 3.44. The second kappa shape index (κ2) is 6.99. The summed E-state index contributed by atoms with van der Waals surface area (Å²) in [7, 11) is 0. The zero-order valence-electron chi connectivity index (χ0n) is 17.8. The van der Waals surface area contributed by atoms with Gasteiger partial charge in [0.1, 0.15) is 5.78 Å². The normalized spacial score (nSPS) is 38.7. The lowest BCUT2D eigenvalue weighted by Gasteiger charge is -2.49. The topological polar surface area (TPSA) is 35.5 Å². The molecule has 3 atom stereocenters. The molecule has 4 rings (SSSR count). The summed E-state index contributed by atoms with van der Waals surface area (Å²) in [6, 6.07) is 0. The minimum absolute atomic E-state index is 0.0829. The molecule has 152 valence electrons. The summed E-state index contributed by atoms with van der Waals surface area (Å²) in [6.07, 6.45) is 12.2. The van der Waals surface area contributed by atoms with Gasteiger partial charge in [0.25, 0.3) is 0 Å². The molecule has 2 unspecified atom stereocenters. The van der Waals surface area contributed by atoms with Crippen molar-refractivity contribution < 1.29 is 14.3 Å². The molecule has 0 aromatic heterocycles. The predicted octanol–water partition coefficient (Wildman–Crippen LogP) is 5.68. The van der Waals surface area contributed by atoms with Gasteiger partial charge in [-0.15, -0.1) is 0 Å². The van der Waals surface area contributed by atoms with E-state index < -0.39 is 0 Å². The Hall–Kier alpha value is -0.670. The molecule has 1 aliphatic heterocycles. The van der Waals surface area contributed by atoms with E-state index in [0.29, 0.717) is 23.5 Å². The summed E-state index contributed by atoms with van der Waals surface area (Å²) in [4.78, 5) is 12.6. The molecular formula is C24H38O3. The maximum atomic E-state index is 12.6. The SMILES string of the molecule is CCCC1C(C2CCC3(CC2)OCC(C)(C)CO3)=CC[C@]2(C)C(=O)CCC12. The second-order valence-corrected chi connectivity index (χ2v) is 10.7. The summed E-state index contributed by atoms with van der Waals surface area (Å²) in [5, 5.41) is 0. The van der Waals surface area contributed by atoms with Crippen molar-refractivity contribution in [3.05, 3.63) is 11.6 Å². The van der Waals surface area contributed by atoms with Gasteiger partial charge >= 0.3 is 0 Å². The lowest BCUT2D eigenvalue weighted by Crippen LogP contribution is -2.50. The Kier molecular flexibility index (Phi) is 5.08. The summed E-state index contributed by atoms with van der Waals surface area (Å²) in [5.74, 6) is 2.04. The molecule has 4 aliphatic rings. The van der Waals surface area contributed by atoms with Crippen LogP contribution in [0.25, 0.3) is 0 Å². The Morgan fingerprint density at radius 1 is 1.07 bits per heavy atom. The third-order valence-electron chi connectivity index (χ3n) is 8.08. The van der Waals surface area contributed by atoms with Gasteiger partial charge in [-0.2, -0.15) is 0 Å². The number of carbonyl (C=O) groups excluding carboxylic acids is 1. The Balaban J connectivity index is 1.47. The van der Waals surface area contributed by atoms with Crippen LogP contribution in [-0.4, -0.2) is 24.8 Å². The fourth-order valence-electron chi connectivity index (χ4n) is 6.29. The van der Waals surface area contributed by atoms with E-state index >= 15 is 0 Å². The minimum Gasteiger partial charge on any atom is -0.349 e. The first-order valence-electron chi connectivity index (χ1n) is 11.3. The standard InChI is InChI=1S/C24H38O3/c1-5-6-19-18(11-12-23(4)20(19)7-8-21(23)25)17-9-13-24(14-10-17)26-15-22(2,3)16-27-24/h11,17,19-20H,5-10,12-16H2,1-4H3/t19?,20?,23-/m0/s1. The summed E-state index contributed by atoms with van der Waals surface area (Å²) in [5.41, 5.74) is 1.74. The zero-order chi connectivity index (χ0) is 19.3. The molecule has 1 heterocycles. The predicted molar refractivity (Wildman–Crippen MR) is 107 cm³/mol. The molecule has 0 N–H and O–H groups in total. The van der Waals surface area contributed by atoms with E-state index in [1.807, 2.05) is 0 Å². The van der Waals surface area contributed by atoms with Gasteiger partial charge in [-0.05, 0) is 49.9 Å². The number of allylic oxidation sites excluding steroid dienone is 2. The quantitative estimate of drug-likeness (QED) is 0.596. The fraction of sp³-hybridized carbons (Fsp3) is 0.875. The average Bonchev–Trinajstić information content (AvgIpc) is 2.95. The van der Waals surface area contributed by atoms with Gasteiger partial charge in [-0.3, -0.25) is 4.79 Å². The molecule has 3 heteroatoms. The Labute approximate surface area is 165 Å². The van der Waals surface area contributed by atoms with E-state index in [0.717, 1.165) is 45.3 Å². The number of hydrogen-bond acceptors (Lipinski definition) is 3. The maximum absolute atomic E-state index is 12.6. The van der Waals surface area contributed by atoms with Crippen LogP contribution in [0.1, 0.15) is 85.5 Å². The monoisotopic (exact) mass is 374 g/mol. The van der Waals surface area contributed by atoms with E-state index in [4.69, 9.17) is 9.47 Å². The molecular weight excluding hydrogens is 336 g/mol. The molecule has 1 saturated heterocycles. The van der Waals surface area contributed by atoms with Crippen LogP contribution < -0.4 is 0 Å². The summed E-state index contributed by atoms with van der Waals surface area (Å²) >= 11 is 0. The molecule has 3 nitrogen and oxygen atoms in total. The first kappa shape index (κ1) is 19.6. The largest absolute Gasteiger partial charge is 0.349 e. The summed E-state index contributed by atoms with van der Waals surface area (Å²) in [6.45, 7) is 10.6. The van der Waals surface area contributed by atoms with Gasteiger partial charge in [0.2, 0.25) is 0 Å². The molecule has 0 radical (unpaired) electrons. The molecule has 0 bridgehead atoms. The number of carbonyl (C=O) groups is 1. The van der Waals surface area contributed by atoms with Crippen LogP contribution >= 0.6 is 0 Å². The molecule has 3 fully saturated rings. The number of fused-ring (bicyclic) bond motifs is 1. The first-order valence-corrected chi connectivity index (χ1v) is 11.3. The van der Waals surface area contributed by atoms with Crippen molar-refractivity contribution in [2.45, 2.75) is 91.3 Å². The van der Waals surface area contributed by atoms with Gasteiger partial charge in [-0.25, -0.2) is 0 Å². The first-order chi connectivity index (χ1) is 12.8. The van der Waals surface area contributed by atoms with Crippen molar-refractivity contribution in [3.8, 4) is 0 Å². The fourth-order valence-corrected chi connectivity index (χ4v) is 6.29. The molecule has 27 heavy (non-hydrogen) atoms. The average molecular weight is 375 g/mol. The smallest absolute Gasteiger partial charge is 0.168 e. The molecule has 1 spiro atoms. The van der Waals surface area contributed by atoms with Gasteiger partial charge in [0, 0.05) is 30.1 Å². The van der Waals surface area contributed by atoms with E-state index in [-0.39, 0.29) is 16.6 Å². The van der Waals surface area contributed by atoms with Crippen molar-refractivity contribution in [1.82, 2.24) is 0 Å². The van der Waals surface area contributed by atoms with E-state index in [9.17, 15) is 4.79 Å². The Morgan fingerprint density at radius 2 is 1.74 bits per heavy atom.